The number of halogens is 3. The maximum Gasteiger partial charge on any atom is 0.435 e. The van der Waals surface area contributed by atoms with Crippen molar-refractivity contribution in [3.05, 3.63) is 60.3 Å². The molecule has 2 aromatic carbocycles. The number of alkyl halides is 3. The van der Waals surface area contributed by atoms with Crippen LogP contribution >= 0.6 is 0 Å². The summed E-state index contributed by atoms with van der Waals surface area (Å²) in [7, 11) is -3.31. The minimum absolute atomic E-state index is 0.106. The van der Waals surface area contributed by atoms with Gasteiger partial charge in [-0.2, -0.15) is 18.3 Å². The Morgan fingerprint density at radius 3 is 2.00 bits per heavy atom. The van der Waals surface area contributed by atoms with Crippen LogP contribution in [0.5, 0.6) is 0 Å². The molecular formula is C21H19F3N2O4S. The van der Waals surface area contributed by atoms with Crippen LogP contribution in [0.2, 0.25) is 0 Å². The van der Waals surface area contributed by atoms with Gasteiger partial charge in [0.15, 0.2) is 15.5 Å². The number of esters is 1. The van der Waals surface area contributed by atoms with E-state index in [-0.39, 0.29) is 17.2 Å². The van der Waals surface area contributed by atoms with Crippen molar-refractivity contribution in [2.75, 3.05) is 12.9 Å². The van der Waals surface area contributed by atoms with Crippen molar-refractivity contribution in [1.82, 2.24) is 9.78 Å². The van der Waals surface area contributed by atoms with Crippen LogP contribution in [0.25, 0.3) is 22.4 Å². The highest BCUT2D eigenvalue weighted by molar-refractivity contribution is 7.90. The molecule has 0 saturated carbocycles. The van der Waals surface area contributed by atoms with Crippen molar-refractivity contribution in [1.29, 1.82) is 0 Å². The maximum absolute atomic E-state index is 13.1. The molecule has 164 valence electrons. The molecule has 0 radical (unpaired) electrons. The molecule has 0 atom stereocenters. The van der Waals surface area contributed by atoms with Crippen molar-refractivity contribution in [2.45, 2.75) is 24.5 Å². The summed E-state index contributed by atoms with van der Waals surface area (Å²) in [6, 6.07) is 13.8. The Hall–Kier alpha value is -3.14. The number of hydrogen-bond acceptors (Lipinski definition) is 5. The van der Waals surface area contributed by atoms with E-state index in [9.17, 15) is 26.4 Å². The molecular weight excluding hydrogens is 433 g/mol. The van der Waals surface area contributed by atoms with Gasteiger partial charge < -0.3 is 4.74 Å². The highest BCUT2D eigenvalue weighted by Crippen LogP contribution is 2.32. The summed E-state index contributed by atoms with van der Waals surface area (Å²) < 4.78 is 68.4. The van der Waals surface area contributed by atoms with Gasteiger partial charge in [0.25, 0.3) is 0 Å². The van der Waals surface area contributed by atoms with E-state index in [0.29, 0.717) is 5.56 Å². The predicted molar refractivity (Wildman–Crippen MR) is 108 cm³/mol. The van der Waals surface area contributed by atoms with Gasteiger partial charge in [0.05, 0.1) is 17.2 Å². The average Bonchev–Trinajstić information content (AvgIpc) is 3.12. The van der Waals surface area contributed by atoms with E-state index < -0.39 is 34.2 Å². The maximum atomic E-state index is 13.1. The lowest BCUT2D eigenvalue weighted by Gasteiger charge is -2.09. The van der Waals surface area contributed by atoms with Crippen molar-refractivity contribution >= 4 is 15.8 Å². The van der Waals surface area contributed by atoms with Gasteiger partial charge in [0.1, 0.15) is 6.54 Å². The summed E-state index contributed by atoms with van der Waals surface area (Å²) in [5.74, 6) is -0.692. The summed E-state index contributed by atoms with van der Waals surface area (Å²) in [5.41, 5.74) is 0.946. The van der Waals surface area contributed by atoms with Crippen LogP contribution in [0.15, 0.2) is 59.5 Å². The van der Waals surface area contributed by atoms with Crippen molar-refractivity contribution in [2.24, 2.45) is 0 Å². The number of sulfone groups is 1. The summed E-state index contributed by atoms with van der Waals surface area (Å²) in [6.07, 6.45) is -3.54. The third kappa shape index (κ3) is 5.32. The van der Waals surface area contributed by atoms with Crippen LogP contribution in [0.4, 0.5) is 13.2 Å². The smallest absolute Gasteiger partial charge is 0.435 e. The van der Waals surface area contributed by atoms with Crippen molar-refractivity contribution in [3.63, 3.8) is 0 Å². The molecule has 0 bridgehead atoms. The number of rotatable bonds is 6. The van der Waals surface area contributed by atoms with Gasteiger partial charge >= 0.3 is 12.1 Å². The van der Waals surface area contributed by atoms with Gasteiger partial charge in [-0.05, 0) is 41.8 Å². The summed E-state index contributed by atoms with van der Waals surface area (Å²) in [6.45, 7) is 1.26. The summed E-state index contributed by atoms with van der Waals surface area (Å²) in [4.78, 5) is 12.0. The van der Waals surface area contributed by atoms with E-state index in [2.05, 4.69) is 5.10 Å². The number of carbonyl (C=O) groups excluding carboxylic acids is 1. The normalized spacial score (nSPS) is 12.0. The lowest BCUT2D eigenvalue weighted by molar-refractivity contribution is -0.146. The second-order valence-electron chi connectivity index (χ2n) is 6.75. The molecule has 0 fully saturated rings. The van der Waals surface area contributed by atoms with Gasteiger partial charge in [0, 0.05) is 6.26 Å². The van der Waals surface area contributed by atoms with Crippen LogP contribution < -0.4 is 0 Å². The van der Waals surface area contributed by atoms with E-state index in [1.807, 2.05) is 0 Å². The predicted octanol–water partition coefficient (Wildman–Crippen LogP) is 4.20. The highest BCUT2D eigenvalue weighted by atomic mass is 32.2. The monoisotopic (exact) mass is 452 g/mol. The molecule has 3 rings (SSSR count). The first-order valence-electron chi connectivity index (χ1n) is 9.20. The second-order valence-corrected chi connectivity index (χ2v) is 8.76. The Labute approximate surface area is 177 Å². The van der Waals surface area contributed by atoms with Gasteiger partial charge in [-0.15, -0.1) is 0 Å². The molecule has 0 unspecified atom stereocenters. The molecule has 0 amide bonds. The second kappa shape index (κ2) is 8.54. The largest absolute Gasteiger partial charge is 0.465 e. The molecule has 31 heavy (non-hydrogen) atoms. The van der Waals surface area contributed by atoms with E-state index >= 15 is 0 Å². The first kappa shape index (κ1) is 22.5. The first-order valence-corrected chi connectivity index (χ1v) is 11.1. The third-order valence-corrected chi connectivity index (χ3v) is 5.58. The molecule has 0 aliphatic heterocycles. The van der Waals surface area contributed by atoms with Crippen LogP contribution in [0.1, 0.15) is 12.6 Å². The number of carbonyl (C=O) groups is 1. The minimum atomic E-state index is -4.66. The van der Waals surface area contributed by atoms with Crippen molar-refractivity contribution < 1.29 is 31.1 Å². The fraction of sp³-hybridized carbons (Fsp3) is 0.238. The SMILES string of the molecule is CCOC(=O)Cn1nc(C(F)(F)F)cc1-c1ccc(-c2ccc(S(C)(=O)=O)cc2)cc1. The molecule has 0 spiro atoms. The van der Waals surface area contributed by atoms with E-state index in [0.717, 1.165) is 28.1 Å². The van der Waals surface area contributed by atoms with Gasteiger partial charge in [-0.1, -0.05) is 36.4 Å². The Morgan fingerprint density at radius 2 is 1.52 bits per heavy atom. The van der Waals surface area contributed by atoms with Crippen LogP contribution in [-0.4, -0.2) is 37.0 Å². The highest BCUT2D eigenvalue weighted by Gasteiger charge is 2.35. The molecule has 0 aliphatic carbocycles. The van der Waals surface area contributed by atoms with Crippen LogP contribution in [-0.2, 0) is 32.1 Å². The van der Waals surface area contributed by atoms with Crippen LogP contribution in [0.3, 0.4) is 0 Å². The lowest BCUT2D eigenvalue weighted by Crippen LogP contribution is -2.16. The van der Waals surface area contributed by atoms with Gasteiger partial charge in [0.2, 0.25) is 0 Å². The molecule has 3 aromatic rings. The third-order valence-electron chi connectivity index (χ3n) is 4.45. The zero-order chi connectivity index (χ0) is 22.8. The topological polar surface area (TPSA) is 78.3 Å². The Balaban J connectivity index is 1.94. The van der Waals surface area contributed by atoms with E-state index in [1.165, 1.54) is 12.1 Å². The summed E-state index contributed by atoms with van der Waals surface area (Å²) >= 11 is 0. The Morgan fingerprint density at radius 1 is 1.00 bits per heavy atom. The number of nitrogens with zero attached hydrogens (tertiary/aromatic N) is 2. The van der Waals surface area contributed by atoms with E-state index in [4.69, 9.17) is 4.74 Å². The standard InChI is InChI=1S/C21H19F3N2O4S/c1-3-30-20(27)13-26-18(12-19(25-26)21(22,23)24)16-6-4-14(5-7-16)15-8-10-17(11-9-15)31(2,28)29/h4-12H,3,13H2,1-2H3. The van der Waals surface area contributed by atoms with E-state index in [1.54, 1.807) is 43.3 Å². The van der Waals surface area contributed by atoms with Crippen LogP contribution in [0, 0.1) is 0 Å². The molecule has 0 saturated heterocycles. The number of ether oxygens (including phenoxy) is 1. The molecule has 0 aliphatic rings. The molecule has 0 N–H and O–H groups in total. The minimum Gasteiger partial charge on any atom is -0.465 e. The van der Waals surface area contributed by atoms with Gasteiger partial charge in [-0.25, -0.2) is 8.42 Å². The Bertz CT molecular complexity index is 1180. The number of benzene rings is 2. The quantitative estimate of drug-likeness (QED) is 0.524. The molecule has 1 aromatic heterocycles. The number of hydrogen-bond donors (Lipinski definition) is 0. The average molecular weight is 452 g/mol. The number of aromatic nitrogens is 2. The fourth-order valence-electron chi connectivity index (χ4n) is 2.97. The lowest BCUT2D eigenvalue weighted by atomic mass is 10.0. The first-order chi connectivity index (χ1) is 14.5. The fourth-order valence-corrected chi connectivity index (χ4v) is 3.60. The zero-order valence-corrected chi connectivity index (χ0v) is 17.5. The Kier molecular flexibility index (Phi) is 6.21. The van der Waals surface area contributed by atoms with Gasteiger partial charge in [-0.3, -0.25) is 9.48 Å². The molecule has 6 nitrogen and oxygen atoms in total. The zero-order valence-electron chi connectivity index (χ0n) is 16.7. The molecule has 1 heterocycles. The van der Waals surface area contributed by atoms with Crippen molar-refractivity contribution in [3.8, 4) is 22.4 Å². The summed E-state index contributed by atoms with van der Waals surface area (Å²) in [5, 5.41) is 3.53. The molecule has 10 heteroatoms.